The van der Waals surface area contributed by atoms with Gasteiger partial charge in [-0.25, -0.2) is 0 Å². The molecule has 0 amide bonds. The van der Waals surface area contributed by atoms with Crippen molar-refractivity contribution in [3.63, 3.8) is 0 Å². The summed E-state index contributed by atoms with van der Waals surface area (Å²) in [5.41, 5.74) is 1.35. The summed E-state index contributed by atoms with van der Waals surface area (Å²) in [6.45, 7) is 4.64. The Morgan fingerprint density at radius 3 is 2.80 bits per heavy atom. The van der Waals surface area contributed by atoms with Gasteiger partial charge in [-0.3, -0.25) is 4.84 Å². The van der Waals surface area contributed by atoms with Crippen molar-refractivity contribution in [2.24, 2.45) is 0 Å². The summed E-state index contributed by atoms with van der Waals surface area (Å²) in [6.07, 6.45) is 0.913. The third-order valence-electron chi connectivity index (χ3n) is 3.60. The Labute approximate surface area is 128 Å². The van der Waals surface area contributed by atoms with E-state index in [4.69, 9.17) is 16.4 Å². The maximum absolute atomic E-state index is 5.70. The molecule has 3 nitrogen and oxygen atoms in total. The van der Waals surface area contributed by atoms with Gasteiger partial charge in [0.15, 0.2) is 0 Å². The molecule has 1 aromatic heterocycles. The predicted octanol–water partition coefficient (Wildman–Crippen LogP) is 3.58. The van der Waals surface area contributed by atoms with Gasteiger partial charge in [-0.05, 0) is 30.0 Å². The molecule has 1 aromatic carbocycles. The van der Waals surface area contributed by atoms with Crippen LogP contribution in [0.3, 0.4) is 0 Å². The topological polar surface area (TPSA) is 15.7 Å². The monoisotopic (exact) mass is 310 g/mol. The second-order valence-electron chi connectivity index (χ2n) is 4.90. The third-order valence-corrected chi connectivity index (χ3v) is 4.75. The first kappa shape index (κ1) is 14.1. The fourth-order valence-electron chi connectivity index (χ4n) is 2.56. The third kappa shape index (κ3) is 3.09. The van der Waals surface area contributed by atoms with Crippen molar-refractivity contribution in [1.29, 1.82) is 0 Å². The van der Waals surface area contributed by atoms with Gasteiger partial charge in [0.25, 0.3) is 0 Å². The van der Waals surface area contributed by atoms with E-state index in [1.54, 1.807) is 11.3 Å². The lowest BCUT2D eigenvalue weighted by Gasteiger charge is -2.35. The number of hydroxylamine groups is 2. The molecule has 0 N–H and O–H groups in total. The number of anilines is 1. The normalized spacial score (nSPS) is 16.9. The molecule has 0 bridgehead atoms. The Morgan fingerprint density at radius 2 is 2.00 bits per heavy atom. The van der Waals surface area contributed by atoms with Crippen LogP contribution in [0.1, 0.15) is 6.42 Å². The first-order valence-electron chi connectivity index (χ1n) is 7.03. The minimum atomic E-state index is 0.667. The van der Waals surface area contributed by atoms with Crippen LogP contribution in [0.15, 0.2) is 29.6 Å². The molecule has 0 spiro atoms. The van der Waals surface area contributed by atoms with E-state index in [1.807, 2.05) is 0 Å². The number of piperazine rings is 1. The van der Waals surface area contributed by atoms with Crippen LogP contribution < -0.4 is 4.90 Å². The molecule has 0 radical (unpaired) electrons. The second-order valence-corrected chi connectivity index (χ2v) is 6.23. The average Bonchev–Trinajstić information content (AvgIpc) is 2.97. The fraction of sp³-hybridized carbons (Fsp3) is 0.467. The summed E-state index contributed by atoms with van der Waals surface area (Å²) in [6, 6.07) is 8.78. The van der Waals surface area contributed by atoms with E-state index in [9.17, 15) is 0 Å². The summed E-state index contributed by atoms with van der Waals surface area (Å²) < 4.78 is 1.36. The molecule has 1 fully saturated rings. The Hall–Kier alpha value is -0.810. The van der Waals surface area contributed by atoms with Crippen LogP contribution >= 0.6 is 22.9 Å². The zero-order chi connectivity index (χ0) is 13.8. The molecule has 1 aliphatic rings. The first-order chi connectivity index (χ1) is 9.88. The van der Waals surface area contributed by atoms with Gasteiger partial charge in [0.05, 0.1) is 6.61 Å². The number of halogens is 1. The van der Waals surface area contributed by atoms with Crippen molar-refractivity contribution < 1.29 is 4.84 Å². The lowest BCUT2D eigenvalue weighted by molar-refractivity contribution is -0.161. The molecule has 0 unspecified atom stereocenters. The number of benzene rings is 1. The maximum atomic E-state index is 5.70. The van der Waals surface area contributed by atoms with E-state index in [0.717, 1.165) is 39.2 Å². The molecule has 2 aromatic rings. The lowest BCUT2D eigenvalue weighted by Crippen LogP contribution is -2.46. The molecular weight excluding hydrogens is 292 g/mol. The van der Waals surface area contributed by atoms with Crippen LogP contribution in [0.5, 0.6) is 0 Å². The predicted molar refractivity (Wildman–Crippen MR) is 86.9 cm³/mol. The van der Waals surface area contributed by atoms with Crippen LogP contribution in [0.2, 0.25) is 0 Å². The van der Waals surface area contributed by atoms with E-state index >= 15 is 0 Å². The van der Waals surface area contributed by atoms with Gasteiger partial charge in [0.2, 0.25) is 0 Å². The highest BCUT2D eigenvalue weighted by Crippen LogP contribution is 2.31. The molecule has 108 valence electrons. The highest BCUT2D eigenvalue weighted by atomic mass is 35.5. The molecule has 3 rings (SSSR count). The van der Waals surface area contributed by atoms with Gasteiger partial charge >= 0.3 is 0 Å². The molecule has 20 heavy (non-hydrogen) atoms. The molecular formula is C15H19ClN2OS. The number of alkyl halides is 1. The minimum absolute atomic E-state index is 0.667. The number of thiophene rings is 1. The van der Waals surface area contributed by atoms with Gasteiger partial charge in [-0.1, -0.05) is 6.07 Å². The molecule has 0 saturated carbocycles. The van der Waals surface area contributed by atoms with Crippen LogP contribution in [-0.4, -0.2) is 43.7 Å². The summed E-state index contributed by atoms with van der Waals surface area (Å²) >= 11 is 7.47. The average molecular weight is 311 g/mol. The second kappa shape index (κ2) is 6.76. The van der Waals surface area contributed by atoms with Gasteiger partial charge in [0, 0.05) is 47.8 Å². The molecule has 1 saturated heterocycles. The van der Waals surface area contributed by atoms with Crippen molar-refractivity contribution in [1.82, 2.24) is 5.06 Å². The summed E-state index contributed by atoms with van der Waals surface area (Å²) in [5.74, 6) is 0.667. The van der Waals surface area contributed by atoms with E-state index in [2.05, 4.69) is 39.6 Å². The summed E-state index contributed by atoms with van der Waals surface area (Å²) in [4.78, 5) is 8.16. The zero-order valence-electron chi connectivity index (χ0n) is 11.4. The van der Waals surface area contributed by atoms with Crippen LogP contribution in [0.25, 0.3) is 10.1 Å². The van der Waals surface area contributed by atoms with Crippen molar-refractivity contribution in [2.45, 2.75) is 6.42 Å². The highest BCUT2D eigenvalue weighted by molar-refractivity contribution is 7.17. The van der Waals surface area contributed by atoms with Crippen LogP contribution in [-0.2, 0) is 4.84 Å². The number of hydrogen-bond donors (Lipinski definition) is 0. The minimum Gasteiger partial charge on any atom is -0.368 e. The largest absolute Gasteiger partial charge is 0.368 e. The molecule has 2 heterocycles. The van der Waals surface area contributed by atoms with Crippen molar-refractivity contribution >= 4 is 38.7 Å². The van der Waals surface area contributed by atoms with Crippen molar-refractivity contribution in [3.8, 4) is 0 Å². The highest BCUT2D eigenvalue weighted by Gasteiger charge is 2.19. The molecule has 0 atom stereocenters. The Morgan fingerprint density at radius 1 is 1.15 bits per heavy atom. The van der Waals surface area contributed by atoms with Crippen molar-refractivity contribution in [3.05, 3.63) is 29.6 Å². The Balaban J connectivity index is 1.62. The molecule has 1 aliphatic heterocycles. The van der Waals surface area contributed by atoms with Gasteiger partial charge in [-0.15, -0.1) is 22.9 Å². The first-order valence-corrected chi connectivity index (χ1v) is 8.45. The smallest absolute Gasteiger partial charge is 0.0696 e. The Kier molecular flexibility index (Phi) is 4.78. The lowest BCUT2D eigenvalue weighted by atomic mass is 10.2. The Bertz CT molecular complexity index is 552. The van der Waals surface area contributed by atoms with E-state index in [0.29, 0.717) is 5.88 Å². The van der Waals surface area contributed by atoms with E-state index < -0.39 is 0 Å². The maximum Gasteiger partial charge on any atom is 0.0696 e. The van der Waals surface area contributed by atoms with E-state index in [1.165, 1.54) is 15.8 Å². The zero-order valence-corrected chi connectivity index (χ0v) is 13.0. The standard InChI is InChI=1S/C15H19ClN2OS/c16-6-2-11-19-18-9-7-17(8-10-18)14-3-1-4-15-13(14)5-12-20-15/h1,3-5,12H,2,6-11H2. The quantitative estimate of drug-likeness (QED) is 0.620. The number of rotatable bonds is 5. The van der Waals surface area contributed by atoms with Gasteiger partial charge < -0.3 is 4.90 Å². The van der Waals surface area contributed by atoms with Gasteiger partial charge in [0.1, 0.15) is 0 Å². The number of fused-ring (bicyclic) bond motifs is 1. The van der Waals surface area contributed by atoms with Crippen LogP contribution in [0, 0.1) is 0 Å². The van der Waals surface area contributed by atoms with Crippen molar-refractivity contribution in [2.75, 3.05) is 43.6 Å². The van der Waals surface area contributed by atoms with Crippen LogP contribution in [0.4, 0.5) is 5.69 Å². The summed E-state index contributed by atoms with van der Waals surface area (Å²) in [7, 11) is 0. The summed E-state index contributed by atoms with van der Waals surface area (Å²) in [5, 5.41) is 5.60. The molecule has 0 aliphatic carbocycles. The van der Waals surface area contributed by atoms with Gasteiger partial charge in [-0.2, -0.15) is 5.06 Å². The van der Waals surface area contributed by atoms with E-state index in [-0.39, 0.29) is 0 Å². The fourth-order valence-corrected chi connectivity index (χ4v) is 3.48. The number of nitrogens with zero attached hydrogens (tertiary/aromatic N) is 2. The SMILES string of the molecule is ClCCCON1CCN(c2cccc3sccc23)CC1. The number of hydrogen-bond acceptors (Lipinski definition) is 4. The molecule has 5 heteroatoms.